The maximum absolute atomic E-state index is 12.8. The normalized spacial score (nSPS) is 10.9. The van der Waals surface area contributed by atoms with Gasteiger partial charge in [0.25, 0.3) is 0 Å². The summed E-state index contributed by atoms with van der Waals surface area (Å²) in [5, 5.41) is 0.0105. The minimum absolute atomic E-state index is 0.0105. The fraction of sp³-hybridized carbons (Fsp3) is 0. The predicted octanol–water partition coefficient (Wildman–Crippen LogP) is 1.89. The number of hydrogen-bond donors (Lipinski definition) is 1. The number of imidazole rings is 1. The first kappa shape index (κ1) is 7.42. The standard InChI is InChI=1S/C6H2ClF2N3/c7-6-10-2-1-3(8)11-5(9)4(2)12-6/h1H,(H,10,12). The van der Waals surface area contributed by atoms with Gasteiger partial charge in [0.05, 0.1) is 5.52 Å². The Morgan fingerprint density at radius 2 is 2.08 bits per heavy atom. The molecule has 0 atom stereocenters. The average molecular weight is 190 g/mol. The van der Waals surface area contributed by atoms with E-state index in [1.807, 2.05) is 0 Å². The number of nitrogens with zero attached hydrogens (tertiary/aromatic N) is 2. The summed E-state index contributed by atoms with van der Waals surface area (Å²) in [4.78, 5) is 8.97. The molecule has 0 radical (unpaired) electrons. The monoisotopic (exact) mass is 189 g/mol. The fourth-order valence-electron chi connectivity index (χ4n) is 0.916. The molecule has 0 bridgehead atoms. The van der Waals surface area contributed by atoms with Crippen LogP contribution in [0.2, 0.25) is 5.28 Å². The van der Waals surface area contributed by atoms with Crippen molar-refractivity contribution in [2.45, 2.75) is 0 Å². The van der Waals surface area contributed by atoms with Crippen molar-refractivity contribution in [2.24, 2.45) is 0 Å². The molecule has 2 aromatic rings. The highest BCUT2D eigenvalue weighted by atomic mass is 35.5. The number of aromatic nitrogens is 3. The Hall–Kier alpha value is -1.23. The van der Waals surface area contributed by atoms with Gasteiger partial charge < -0.3 is 4.98 Å². The summed E-state index contributed by atoms with van der Waals surface area (Å²) in [5.41, 5.74) is 0.145. The van der Waals surface area contributed by atoms with Crippen molar-refractivity contribution in [1.29, 1.82) is 0 Å². The molecular formula is C6H2ClF2N3. The van der Waals surface area contributed by atoms with E-state index in [0.717, 1.165) is 6.07 Å². The third-order valence-electron chi connectivity index (χ3n) is 1.37. The van der Waals surface area contributed by atoms with Crippen LogP contribution in [0.15, 0.2) is 6.07 Å². The first-order valence-corrected chi connectivity index (χ1v) is 3.42. The molecule has 0 unspecified atom stereocenters. The molecule has 0 aromatic carbocycles. The molecule has 12 heavy (non-hydrogen) atoms. The van der Waals surface area contributed by atoms with Crippen molar-refractivity contribution in [2.75, 3.05) is 0 Å². The summed E-state index contributed by atoms with van der Waals surface area (Å²) in [6, 6.07) is 1.03. The van der Waals surface area contributed by atoms with E-state index in [0.29, 0.717) is 0 Å². The number of H-pyrrole nitrogens is 1. The number of fused-ring (bicyclic) bond motifs is 1. The summed E-state index contributed by atoms with van der Waals surface area (Å²) in [5.74, 6) is -1.87. The summed E-state index contributed by atoms with van der Waals surface area (Å²) in [7, 11) is 0. The molecule has 0 aliphatic heterocycles. The predicted molar refractivity (Wildman–Crippen MR) is 38.8 cm³/mol. The topological polar surface area (TPSA) is 41.6 Å². The number of aromatic amines is 1. The minimum Gasteiger partial charge on any atom is -0.328 e. The van der Waals surface area contributed by atoms with Gasteiger partial charge in [0.1, 0.15) is 5.52 Å². The average Bonchev–Trinajstić information content (AvgIpc) is 2.29. The van der Waals surface area contributed by atoms with Gasteiger partial charge in [-0.15, -0.1) is 0 Å². The Morgan fingerprint density at radius 1 is 1.33 bits per heavy atom. The molecule has 62 valence electrons. The van der Waals surface area contributed by atoms with E-state index in [4.69, 9.17) is 11.6 Å². The Balaban J connectivity index is 2.88. The lowest BCUT2D eigenvalue weighted by Gasteiger charge is -1.89. The lowest BCUT2D eigenvalue weighted by atomic mass is 10.4. The van der Waals surface area contributed by atoms with E-state index in [1.165, 1.54) is 0 Å². The zero-order chi connectivity index (χ0) is 8.72. The smallest absolute Gasteiger partial charge is 0.243 e. The van der Waals surface area contributed by atoms with Crippen LogP contribution in [0.1, 0.15) is 0 Å². The van der Waals surface area contributed by atoms with E-state index < -0.39 is 11.9 Å². The van der Waals surface area contributed by atoms with E-state index in [1.54, 1.807) is 0 Å². The molecule has 0 fully saturated rings. The molecule has 0 saturated heterocycles. The van der Waals surface area contributed by atoms with E-state index in [-0.39, 0.29) is 16.3 Å². The maximum atomic E-state index is 12.8. The zero-order valence-electron chi connectivity index (χ0n) is 5.61. The summed E-state index contributed by atoms with van der Waals surface area (Å²) >= 11 is 5.42. The van der Waals surface area contributed by atoms with Crippen molar-refractivity contribution in [3.63, 3.8) is 0 Å². The molecule has 0 aliphatic carbocycles. The quantitative estimate of drug-likeness (QED) is 0.643. The van der Waals surface area contributed by atoms with Crippen LogP contribution in [0, 0.1) is 11.9 Å². The van der Waals surface area contributed by atoms with Gasteiger partial charge in [0, 0.05) is 6.07 Å². The van der Waals surface area contributed by atoms with Crippen LogP contribution in [0.3, 0.4) is 0 Å². The summed E-state index contributed by atoms with van der Waals surface area (Å²) in [6.45, 7) is 0. The molecule has 6 heteroatoms. The lowest BCUT2D eigenvalue weighted by Crippen LogP contribution is -1.88. The van der Waals surface area contributed by atoms with Crippen molar-refractivity contribution in [1.82, 2.24) is 15.0 Å². The van der Waals surface area contributed by atoms with Gasteiger partial charge in [0.2, 0.25) is 17.2 Å². The third-order valence-corrected chi connectivity index (χ3v) is 1.55. The van der Waals surface area contributed by atoms with Gasteiger partial charge in [-0.1, -0.05) is 0 Å². The number of nitrogens with one attached hydrogen (secondary N) is 1. The second-order valence-electron chi connectivity index (χ2n) is 2.16. The van der Waals surface area contributed by atoms with Crippen LogP contribution in [0.4, 0.5) is 8.78 Å². The van der Waals surface area contributed by atoms with E-state index >= 15 is 0 Å². The van der Waals surface area contributed by atoms with Crippen molar-refractivity contribution >= 4 is 22.6 Å². The Bertz CT molecular complexity index is 440. The first-order chi connectivity index (χ1) is 5.66. The zero-order valence-corrected chi connectivity index (χ0v) is 6.36. The number of pyridine rings is 1. The molecule has 2 heterocycles. The van der Waals surface area contributed by atoms with Gasteiger partial charge in [-0.05, 0) is 11.6 Å². The van der Waals surface area contributed by atoms with Crippen LogP contribution in [0.5, 0.6) is 0 Å². The Labute approximate surface area is 70.4 Å². The highest BCUT2D eigenvalue weighted by Gasteiger charge is 2.09. The summed E-state index contributed by atoms with van der Waals surface area (Å²) in [6.07, 6.45) is 0. The molecular weight excluding hydrogens is 188 g/mol. The van der Waals surface area contributed by atoms with E-state index in [9.17, 15) is 8.78 Å². The lowest BCUT2D eigenvalue weighted by molar-refractivity contribution is 0.520. The summed E-state index contributed by atoms with van der Waals surface area (Å²) < 4.78 is 25.2. The number of halogens is 3. The molecule has 1 N–H and O–H groups in total. The van der Waals surface area contributed by atoms with Crippen LogP contribution in [-0.2, 0) is 0 Å². The van der Waals surface area contributed by atoms with E-state index in [2.05, 4.69) is 15.0 Å². The molecule has 0 saturated carbocycles. The number of hydrogen-bond acceptors (Lipinski definition) is 2. The molecule has 0 aliphatic rings. The molecule has 0 amide bonds. The van der Waals surface area contributed by atoms with Crippen molar-refractivity contribution in [3.8, 4) is 0 Å². The van der Waals surface area contributed by atoms with Crippen LogP contribution in [0.25, 0.3) is 11.0 Å². The Kier molecular flexibility index (Phi) is 1.47. The van der Waals surface area contributed by atoms with Crippen LogP contribution in [-0.4, -0.2) is 15.0 Å². The van der Waals surface area contributed by atoms with Gasteiger partial charge in [0.15, 0.2) is 0 Å². The van der Waals surface area contributed by atoms with Crippen molar-refractivity contribution < 1.29 is 8.78 Å². The van der Waals surface area contributed by atoms with Crippen LogP contribution >= 0.6 is 11.6 Å². The number of rotatable bonds is 0. The largest absolute Gasteiger partial charge is 0.328 e. The second-order valence-corrected chi connectivity index (χ2v) is 2.52. The first-order valence-electron chi connectivity index (χ1n) is 3.04. The van der Waals surface area contributed by atoms with Crippen molar-refractivity contribution in [3.05, 3.63) is 23.2 Å². The fourth-order valence-corrected chi connectivity index (χ4v) is 1.10. The van der Waals surface area contributed by atoms with Gasteiger partial charge in [-0.2, -0.15) is 13.8 Å². The van der Waals surface area contributed by atoms with Gasteiger partial charge in [-0.3, -0.25) is 0 Å². The molecule has 3 nitrogen and oxygen atoms in total. The third kappa shape index (κ3) is 1.02. The molecule has 0 spiro atoms. The molecule has 2 aromatic heterocycles. The SMILES string of the molecule is Fc1cc2[nH]c(Cl)nc2c(F)n1. The minimum atomic E-state index is -0.965. The van der Waals surface area contributed by atoms with Gasteiger partial charge >= 0.3 is 0 Å². The maximum Gasteiger partial charge on any atom is 0.243 e. The van der Waals surface area contributed by atoms with Gasteiger partial charge in [-0.25, -0.2) is 4.98 Å². The Morgan fingerprint density at radius 3 is 2.83 bits per heavy atom. The highest BCUT2D eigenvalue weighted by Crippen LogP contribution is 2.16. The van der Waals surface area contributed by atoms with Crippen LogP contribution < -0.4 is 0 Å². The molecule has 2 rings (SSSR count). The highest BCUT2D eigenvalue weighted by molar-refractivity contribution is 6.29. The second kappa shape index (κ2) is 2.38.